The highest BCUT2D eigenvalue weighted by molar-refractivity contribution is 6.23. The molecule has 0 saturated carbocycles. The molecule has 2 aliphatic heterocycles. The molecular formula is C22H24N6O5. The van der Waals surface area contributed by atoms with Gasteiger partial charge in [-0.15, -0.1) is 0 Å². The Bertz CT molecular complexity index is 1140. The van der Waals surface area contributed by atoms with Crippen LogP contribution in [0.2, 0.25) is 0 Å². The summed E-state index contributed by atoms with van der Waals surface area (Å²) in [6.07, 6.45) is 3.02. The number of carbonyl (C=O) groups is 5. The molecule has 1 fully saturated rings. The SMILES string of the molecule is CCn1nccc1NC(=O)NCCCc1ccc2c(c1)C(=O)N(C1CCC(=O)NC1=O)C2=O. The van der Waals surface area contributed by atoms with Crippen molar-refractivity contribution in [3.63, 3.8) is 0 Å². The zero-order valence-electron chi connectivity index (χ0n) is 18.1. The fourth-order valence-electron chi connectivity index (χ4n) is 4.02. The van der Waals surface area contributed by atoms with Crippen molar-refractivity contribution in [1.82, 2.24) is 25.3 Å². The van der Waals surface area contributed by atoms with Gasteiger partial charge in [0.25, 0.3) is 11.8 Å². The minimum absolute atomic E-state index is 0.0798. The van der Waals surface area contributed by atoms with Crippen LogP contribution in [0.3, 0.4) is 0 Å². The first kappa shape index (κ1) is 22.2. The topological polar surface area (TPSA) is 142 Å². The highest BCUT2D eigenvalue weighted by atomic mass is 16.2. The van der Waals surface area contributed by atoms with E-state index in [0.29, 0.717) is 31.7 Å². The molecule has 1 aromatic carbocycles. The molecule has 1 unspecified atom stereocenters. The van der Waals surface area contributed by atoms with Crippen LogP contribution in [-0.4, -0.2) is 56.9 Å². The predicted molar refractivity (Wildman–Crippen MR) is 116 cm³/mol. The smallest absolute Gasteiger partial charge is 0.320 e. The highest BCUT2D eigenvalue weighted by Gasteiger charge is 2.44. The quantitative estimate of drug-likeness (QED) is 0.423. The lowest BCUT2D eigenvalue weighted by molar-refractivity contribution is -0.136. The standard InChI is InChI=1S/C22H24N6O5/c1-2-27-17(9-11-24-27)25-22(33)23-10-3-4-13-5-6-14-15(12-13)21(32)28(20(14)31)16-7-8-18(29)26-19(16)30/h5-6,9,11-12,16H,2-4,7-8,10H2,1H3,(H2,23,25,33)(H,26,29,30). The second-order valence-electron chi connectivity index (χ2n) is 7.84. The van der Waals surface area contributed by atoms with Gasteiger partial charge in [-0.05, 0) is 43.9 Å². The number of piperidine rings is 1. The van der Waals surface area contributed by atoms with Crippen LogP contribution in [0.25, 0.3) is 0 Å². The van der Waals surface area contributed by atoms with E-state index in [4.69, 9.17) is 0 Å². The largest absolute Gasteiger partial charge is 0.338 e. The van der Waals surface area contributed by atoms with Crippen LogP contribution in [0.1, 0.15) is 52.5 Å². The number of nitrogens with one attached hydrogen (secondary N) is 3. The minimum Gasteiger partial charge on any atom is -0.338 e. The second kappa shape index (κ2) is 9.23. The maximum absolute atomic E-state index is 12.9. The highest BCUT2D eigenvalue weighted by Crippen LogP contribution is 2.28. The number of aromatic nitrogens is 2. The van der Waals surface area contributed by atoms with E-state index in [2.05, 4.69) is 21.0 Å². The number of fused-ring (bicyclic) bond motifs is 1. The second-order valence-corrected chi connectivity index (χ2v) is 7.84. The van der Waals surface area contributed by atoms with Crippen LogP contribution in [0.15, 0.2) is 30.5 Å². The van der Waals surface area contributed by atoms with Crippen molar-refractivity contribution in [3.05, 3.63) is 47.2 Å². The summed E-state index contributed by atoms with van der Waals surface area (Å²) in [5.41, 5.74) is 1.34. The third-order valence-corrected chi connectivity index (χ3v) is 5.69. The van der Waals surface area contributed by atoms with E-state index in [9.17, 15) is 24.0 Å². The number of rotatable bonds is 7. The number of carbonyl (C=O) groups excluding carboxylic acids is 5. The normalized spacial score (nSPS) is 17.7. The molecule has 3 heterocycles. The van der Waals surface area contributed by atoms with Crippen molar-refractivity contribution in [2.24, 2.45) is 0 Å². The Morgan fingerprint density at radius 2 is 1.94 bits per heavy atom. The molecule has 33 heavy (non-hydrogen) atoms. The van der Waals surface area contributed by atoms with Gasteiger partial charge in [0, 0.05) is 25.6 Å². The van der Waals surface area contributed by atoms with Gasteiger partial charge in [0.05, 0.1) is 17.3 Å². The third kappa shape index (κ3) is 4.47. The van der Waals surface area contributed by atoms with Gasteiger partial charge in [0.15, 0.2) is 0 Å². The lowest BCUT2D eigenvalue weighted by Gasteiger charge is -2.27. The number of hydrogen-bond donors (Lipinski definition) is 3. The van der Waals surface area contributed by atoms with Gasteiger partial charge in [-0.2, -0.15) is 5.10 Å². The van der Waals surface area contributed by atoms with Crippen LogP contribution in [0.4, 0.5) is 10.6 Å². The minimum atomic E-state index is -0.981. The molecule has 172 valence electrons. The van der Waals surface area contributed by atoms with E-state index < -0.39 is 29.7 Å². The maximum Gasteiger partial charge on any atom is 0.320 e. The summed E-state index contributed by atoms with van der Waals surface area (Å²) >= 11 is 0. The molecule has 0 bridgehead atoms. The Hall–Kier alpha value is -4.02. The Morgan fingerprint density at radius 3 is 2.70 bits per heavy atom. The van der Waals surface area contributed by atoms with Crippen LogP contribution in [0.5, 0.6) is 0 Å². The fourth-order valence-corrected chi connectivity index (χ4v) is 4.02. The van der Waals surface area contributed by atoms with Crippen molar-refractivity contribution >= 4 is 35.5 Å². The summed E-state index contributed by atoms with van der Waals surface area (Å²) in [6.45, 7) is 2.98. The van der Waals surface area contributed by atoms with Crippen molar-refractivity contribution < 1.29 is 24.0 Å². The first-order valence-electron chi connectivity index (χ1n) is 10.8. The molecule has 2 aliphatic rings. The summed E-state index contributed by atoms with van der Waals surface area (Å²) in [7, 11) is 0. The number of nitrogens with zero attached hydrogens (tertiary/aromatic N) is 3. The fraction of sp³-hybridized carbons (Fsp3) is 0.364. The van der Waals surface area contributed by atoms with Crippen molar-refractivity contribution in [3.8, 4) is 0 Å². The molecule has 6 amide bonds. The first-order valence-corrected chi connectivity index (χ1v) is 10.8. The van der Waals surface area contributed by atoms with E-state index in [1.807, 2.05) is 6.92 Å². The number of aryl methyl sites for hydroxylation is 2. The van der Waals surface area contributed by atoms with E-state index >= 15 is 0 Å². The lowest BCUT2D eigenvalue weighted by atomic mass is 10.0. The number of amides is 6. The van der Waals surface area contributed by atoms with Crippen molar-refractivity contribution in [2.75, 3.05) is 11.9 Å². The summed E-state index contributed by atoms with van der Waals surface area (Å²) in [6, 6.07) is 5.40. The molecule has 1 saturated heterocycles. The third-order valence-electron chi connectivity index (χ3n) is 5.69. The molecule has 0 radical (unpaired) electrons. The van der Waals surface area contributed by atoms with E-state index in [1.165, 1.54) is 0 Å². The van der Waals surface area contributed by atoms with Crippen LogP contribution in [0, 0.1) is 0 Å². The molecule has 11 nitrogen and oxygen atoms in total. The van der Waals surface area contributed by atoms with Gasteiger partial charge in [-0.1, -0.05) is 6.07 Å². The molecule has 1 atom stereocenters. The average Bonchev–Trinajstić information content (AvgIpc) is 3.33. The lowest BCUT2D eigenvalue weighted by Crippen LogP contribution is -2.54. The van der Waals surface area contributed by atoms with Gasteiger partial charge in [-0.3, -0.25) is 34.7 Å². The molecule has 0 spiro atoms. The molecule has 11 heteroatoms. The van der Waals surface area contributed by atoms with Crippen molar-refractivity contribution in [1.29, 1.82) is 0 Å². The maximum atomic E-state index is 12.9. The Kier molecular flexibility index (Phi) is 6.20. The molecule has 3 N–H and O–H groups in total. The molecule has 1 aromatic heterocycles. The van der Waals surface area contributed by atoms with Gasteiger partial charge < -0.3 is 5.32 Å². The monoisotopic (exact) mass is 452 g/mol. The molecule has 4 rings (SSSR count). The number of imide groups is 2. The summed E-state index contributed by atoms with van der Waals surface area (Å²) < 4.78 is 1.67. The number of urea groups is 1. The summed E-state index contributed by atoms with van der Waals surface area (Å²) in [5.74, 6) is -1.49. The zero-order valence-corrected chi connectivity index (χ0v) is 18.1. The molecule has 0 aliphatic carbocycles. The average molecular weight is 452 g/mol. The van der Waals surface area contributed by atoms with Gasteiger partial charge in [0.2, 0.25) is 11.8 Å². The van der Waals surface area contributed by atoms with Crippen molar-refractivity contribution in [2.45, 2.75) is 45.2 Å². The Balaban J connectivity index is 1.32. The number of benzene rings is 1. The van der Waals surface area contributed by atoms with Gasteiger partial charge in [-0.25, -0.2) is 9.48 Å². The van der Waals surface area contributed by atoms with Gasteiger partial charge in [0.1, 0.15) is 11.9 Å². The molecular weight excluding hydrogens is 428 g/mol. The summed E-state index contributed by atoms with van der Waals surface area (Å²) in [4.78, 5) is 62.1. The van der Waals surface area contributed by atoms with Crippen LogP contribution < -0.4 is 16.0 Å². The molecule has 2 aromatic rings. The van der Waals surface area contributed by atoms with Crippen LogP contribution >= 0.6 is 0 Å². The number of anilines is 1. The number of hydrogen-bond acceptors (Lipinski definition) is 6. The Morgan fingerprint density at radius 1 is 1.15 bits per heavy atom. The van der Waals surface area contributed by atoms with Crippen LogP contribution in [-0.2, 0) is 22.6 Å². The Labute approximate surface area is 189 Å². The zero-order chi connectivity index (χ0) is 23.5. The predicted octanol–water partition coefficient (Wildman–Crippen LogP) is 1.06. The summed E-state index contributed by atoms with van der Waals surface area (Å²) in [5, 5.41) is 11.8. The van der Waals surface area contributed by atoms with Gasteiger partial charge >= 0.3 is 6.03 Å². The van der Waals surface area contributed by atoms with E-state index in [0.717, 1.165) is 10.5 Å². The van der Waals surface area contributed by atoms with E-state index in [1.54, 1.807) is 35.1 Å². The first-order chi connectivity index (χ1) is 15.9. The van der Waals surface area contributed by atoms with E-state index in [-0.39, 0.29) is 30.0 Å².